The van der Waals surface area contributed by atoms with Crippen LogP contribution in [0.15, 0.2) is 39.3 Å². The maximum absolute atomic E-state index is 13.6. The van der Waals surface area contributed by atoms with Crippen LogP contribution >= 0.6 is 31.9 Å². The molecule has 0 aliphatic heterocycles. The summed E-state index contributed by atoms with van der Waals surface area (Å²) in [5.41, 5.74) is 7.28. The van der Waals surface area contributed by atoms with Gasteiger partial charge in [-0.15, -0.1) is 0 Å². The highest BCUT2D eigenvalue weighted by Gasteiger charge is 2.13. The fourth-order valence-electron chi connectivity index (χ4n) is 1.81. The van der Waals surface area contributed by atoms with E-state index in [9.17, 15) is 4.39 Å². The molecule has 0 aliphatic carbocycles. The summed E-state index contributed by atoms with van der Waals surface area (Å²) in [5, 5.41) is 0. The summed E-state index contributed by atoms with van der Waals surface area (Å²) in [7, 11) is 0. The monoisotopic (exact) mass is 401 g/mol. The van der Waals surface area contributed by atoms with Gasteiger partial charge in [0.05, 0.1) is 10.2 Å². The Morgan fingerprint density at radius 1 is 1.10 bits per heavy atom. The first-order valence-electron chi connectivity index (χ1n) is 6.10. The van der Waals surface area contributed by atoms with Crippen molar-refractivity contribution in [3.8, 4) is 11.5 Å². The van der Waals surface area contributed by atoms with Crippen molar-refractivity contribution in [3.05, 3.63) is 50.7 Å². The standard InChI is InChI=1S/C15H14Br2FNO/c1-8(2)10-5-9(16)3-4-14(10)20-15-7-12(18)11(17)6-13(15)19/h3-8H,19H2,1-2H3. The average Bonchev–Trinajstić information content (AvgIpc) is 2.37. The number of halogens is 3. The van der Waals surface area contributed by atoms with Gasteiger partial charge in [-0.1, -0.05) is 29.8 Å². The highest BCUT2D eigenvalue weighted by atomic mass is 79.9. The Bertz CT molecular complexity index is 644. The summed E-state index contributed by atoms with van der Waals surface area (Å²) in [4.78, 5) is 0. The summed E-state index contributed by atoms with van der Waals surface area (Å²) in [5.74, 6) is 0.868. The van der Waals surface area contributed by atoms with Gasteiger partial charge in [0, 0.05) is 10.5 Å². The molecule has 0 aromatic heterocycles. The fourth-order valence-corrected chi connectivity index (χ4v) is 2.55. The zero-order valence-electron chi connectivity index (χ0n) is 11.1. The van der Waals surface area contributed by atoms with Gasteiger partial charge in [0.2, 0.25) is 0 Å². The van der Waals surface area contributed by atoms with Crippen LogP contribution in [-0.2, 0) is 0 Å². The summed E-state index contributed by atoms with van der Waals surface area (Å²) in [6.45, 7) is 4.14. The van der Waals surface area contributed by atoms with Gasteiger partial charge in [-0.2, -0.15) is 0 Å². The second-order valence-corrected chi connectivity index (χ2v) is 6.51. The minimum absolute atomic E-state index is 0.281. The van der Waals surface area contributed by atoms with Crippen LogP contribution < -0.4 is 10.5 Å². The first-order chi connectivity index (χ1) is 9.38. The van der Waals surface area contributed by atoms with Crippen molar-refractivity contribution in [2.75, 3.05) is 5.73 Å². The molecular weight excluding hydrogens is 389 g/mol. The Morgan fingerprint density at radius 2 is 1.80 bits per heavy atom. The molecule has 0 unspecified atom stereocenters. The van der Waals surface area contributed by atoms with Crippen LogP contribution in [0.25, 0.3) is 0 Å². The molecule has 20 heavy (non-hydrogen) atoms. The fraction of sp³-hybridized carbons (Fsp3) is 0.200. The van der Waals surface area contributed by atoms with E-state index in [-0.39, 0.29) is 5.92 Å². The second kappa shape index (κ2) is 6.14. The van der Waals surface area contributed by atoms with Crippen molar-refractivity contribution in [1.82, 2.24) is 0 Å². The number of hydrogen-bond acceptors (Lipinski definition) is 2. The lowest BCUT2D eigenvalue weighted by atomic mass is 10.0. The van der Waals surface area contributed by atoms with Gasteiger partial charge in [0.1, 0.15) is 11.6 Å². The van der Waals surface area contributed by atoms with Crippen LogP contribution in [0.3, 0.4) is 0 Å². The Morgan fingerprint density at radius 3 is 2.45 bits per heavy atom. The predicted octanol–water partition coefficient (Wildman–Crippen LogP) is 5.85. The minimum Gasteiger partial charge on any atom is -0.455 e. The predicted molar refractivity (Wildman–Crippen MR) is 86.8 cm³/mol. The molecule has 106 valence electrons. The van der Waals surface area contributed by atoms with E-state index in [0.29, 0.717) is 21.7 Å². The molecule has 0 saturated carbocycles. The van der Waals surface area contributed by atoms with E-state index in [2.05, 4.69) is 45.7 Å². The van der Waals surface area contributed by atoms with Crippen molar-refractivity contribution in [1.29, 1.82) is 0 Å². The van der Waals surface area contributed by atoms with Crippen LogP contribution in [0.4, 0.5) is 10.1 Å². The molecule has 0 saturated heterocycles. The molecule has 2 N–H and O–H groups in total. The lowest BCUT2D eigenvalue weighted by molar-refractivity contribution is 0.469. The molecule has 2 aromatic carbocycles. The van der Waals surface area contributed by atoms with E-state index in [0.717, 1.165) is 10.0 Å². The molecule has 2 rings (SSSR count). The van der Waals surface area contributed by atoms with Crippen LogP contribution in [0.1, 0.15) is 25.3 Å². The van der Waals surface area contributed by atoms with Crippen LogP contribution in [0.5, 0.6) is 11.5 Å². The highest BCUT2D eigenvalue weighted by molar-refractivity contribution is 9.10. The number of rotatable bonds is 3. The summed E-state index contributed by atoms with van der Waals surface area (Å²) >= 11 is 6.54. The number of hydrogen-bond donors (Lipinski definition) is 1. The van der Waals surface area contributed by atoms with E-state index >= 15 is 0 Å². The molecule has 2 nitrogen and oxygen atoms in total. The Labute approximate surface area is 134 Å². The van der Waals surface area contributed by atoms with Crippen molar-refractivity contribution >= 4 is 37.5 Å². The topological polar surface area (TPSA) is 35.2 Å². The first-order valence-corrected chi connectivity index (χ1v) is 7.69. The first kappa shape index (κ1) is 15.3. The molecule has 0 aliphatic rings. The number of ether oxygens (including phenoxy) is 1. The third kappa shape index (κ3) is 3.33. The maximum atomic E-state index is 13.6. The van der Waals surface area contributed by atoms with Crippen molar-refractivity contribution in [3.63, 3.8) is 0 Å². The van der Waals surface area contributed by atoms with Gasteiger partial charge in [0.15, 0.2) is 5.75 Å². The van der Waals surface area contributed by atoms with Crippen molar-refractivity contribution in [2.24, 2.45) is 0 Å². The lowest BCUT2D eigenvalue weighted by Gasteiger charge is -2.15. The van der Waals surface area contributed by atoms with Gasteiger partial charge >= 0.3 is 0 Å². The van der Waals surface area contributed by atoms with Gasteiger partial charge in [-0.3, -0.25) is 0 Å². The van der Waals surface area contributed by atoms with E-state index in [1.165, 1.54) is 12.1 Å². The Hall–Kier alpha value is -1.07. The number of nitrogens with two attached hydrogens (primary N) is 1. The smallest absolute Gasteiger partial charge is 0.153 e. The molecular formula is C15H14Br2FNO. The van der Waals surface area contributed by atoms with Crippen molar-refractivity contribution in [2.45, 2.75) is 19.8 Å². The largest absolute Gasteiger partial charge is 0.455 e. The molecule has 0 radical (unpaired) electrons. The Balaban J connectivity index is 2.42. The van der Waals surface area contributed by atoms with Crippen molar-refractivity contribution < 1.29 is 9.13 Å². The van der Waals surface area contributed by atoms with E-state index < -0.39 is 5.82 Å². The third-order valence-electron chi connectivity index (χ3n) is 2.87. The third-order valence-corrected chi connectivity index (χ3v) is 3.97. The molecule has 0 bridgehead atoms. The molecule has 0 atom stereocenters. The molecule has 0 fully saturated rings. The summed E-state index contributed by atoms with van der Waals surface area (Å²) in [6.07, 6.45) is 0. The quantitative estimate of drug-likeness (QED) is 0.653. The van der Waals surface area contributed by atoms with E-state index in [1.807, 2.05) is 18.2 Å². The van der Waals surface area contributed by atoms with E-state index in [1.54, 1.807) is 0 Å². The van der Waals surface area contributed by atoms with Gasteiger partial charge in [0.25, 0.3) is 0 Å². The minimum atomic E-state index is -0.405. The number of benzene rings is 2. The number of anilines is 1. The Kier molecular flexibility index (Phi) is 4.70. The van der Waals surface area contributed by atoms with Gasteiger partial charge in [-0.25, -0.2) is 4.39 Å². The lowest BCUT2D eigenvalue weighted by Crippen LogP contribution is -1.98. The van der Waals surface area contributed by atoms with Crippen LogP contribution in [-0.4, -0.2) is 0 Å². The molecule has 0 heterocycles. The summed E-state index contributed by atoms with van der Waals surface area (Å²) < 4.78 is 20.7. The highest BCUT2D eigenvalue weighted by Crippen LogP contribution is 2.36. The van der Waals surface area contributed by atoms with Gasteiger partial charge in [-0.05, 0) is 51.7 Å². The molecule has 5 heteroatoms. The molecule has 0 amide bonds. The molecule has 2 aromatic rings. The average molecular weight is 403 g/mol. The SMILES string of the molecule is CC(C)c1cc(Br)ccc1Oc1cc(F)c(Br)cc1N. The van der Waals surface area contributed by atoms with Gasteiger partial charge < -0.3 is 10.5 Å². The second-order valence-electron chi connectivity index (χ2n) is 4.74. The van der Waals surface area contributed by atoms with Crippen LogP contribution in [0.2, 0.25) is 0 Å². The maximum Gasteiger partial charge on any atom is 0.153 e. The summed E-state index contributed by atoms with van der Waals surface area (Å²) in [6, 6.07) is 8.50. The van der Waals surface area contributed by atoms with Crippen LogP contribution in [0, 0.1) is 5.82 Å². The molecule has 0 spiro atoms. The van der Waals surface area contributed by atoms with E-state index in [4.69, 9.17) is 10.5 Å². The zero-order chi connectivity index (χ0) is 14.9. The zero-order valence-corrected chi connectivity index (χ0v) is 14.3. The normalized spacial score (nSPS) is 10.9. The number of nitrogen functional groups attached to an aromatic ring is 1.